The second kappa shape index (κ2) is 5.89. The van der Waals surface area contributed by atoms with Crippen LogP contribution in [0.3, 0.4) is 0 Å². The molecule has 112 valence electrons. The van der Waals surface area contributed by atoms with Crippen molar-refractivity contribution in [3.8, 4) is 0 Å². The first-order valence-electron chi connectivity index (χ1n) is 6.96. The van der Waals surface area contributed by atoms with E-state index in [2.05, 4.69) is 0 Å². The van der Waals surface area contributed by atoms with Crippen molar-refractivity contribution in [2.24, 2.45) is 0 Å². The van der Waals surface area contributed by atoms with Gasteiger partial charge in [-0.15, -0.1) is 0 Å². The van der Waals surface area contributed by atoms with Crippen molar-refractivity contribution in [1.29, 1.82) is 0 Å². The number of cyclic esters (lactones) is 1. The number of carbonyl (C=O) groups is 2. The lowest BCUT2D eigenvalue weighted by molar-refractivity contribution is 0.0696. The van der Waals surface area contributed by atoms with E-state index >= 15 is 0 Å². The maximum Gasteiger partial charge on any atom is 0.410 e. The molecule has 1 aliphatic rings. The maximum absolute atomic E-state index is 11.9. The summed E-state index contributed by atoms with van der Waals surface area (Å²) in [7, 11) is 0. The predicted molar refractivity (Wildman–Crippen MR) is 79.5 cm³/mol. The topological polar surface area (TPSA) is 66.8 Å². The SMILES string of the molecule is O=C(O)c1ccc(CN2C[C@@H](c3ccccc3)OC2=O)cc1. The molecule has 2 aromatic rings. The van der Waals surface area contributed by atoms with E-state index < -0.39 is 5.97 Å². The number of hydrogen-bond donors (Lipinski definition) is 1. The number of carbonyl (C=O) groups excluding carboxylic acids is 1. The molecule has 1 aliphatic heterocycles. The molecule has 0 spiro atoms. The fourth-order valence-electron chi connectivity index (χ4n) is 2.45. The number of benzene rings is 2. The molecular formula is C17H15NO4. The number of nitrogens with zero attached hydrogens (tertiary/aromatic N) is 1. The predicted octanol–water partition coefficient (Wildman–Crippen LogP) is 3.08. The second-order valence-corrected chi connectivity index (χ2v) is 5.17. The minimum absolute atomic E-state index is 0.231. The Morgan fingerprint density at radius 1 is 1.14 bits per heavy atom. The van der Waals surface area contributed by atoms with Crippen LogP contribution in [0.2, 0.25) is 0 Å². The standard InChI is InChI=1S/C17H15NO4/c19-16(20)14-8-6-12(7-9-14)10-18-11-15(22-17(18)21)13-4-2-1-3-5-13/h1-9,15H,10-11H2,(H,19,20)/t15-/m0/s1. The number of carboxylic acids is 1. The molecule has 0 aliphatic carbocycles. The van der Waals surface area contributed by atoms with Gasteiger partial charge in [-0.3, -0.25) is 4.90 Å². The molecule has 0 aromatic heterocycles. The van der Waals surface area contributed by atoms with Gasteiger partial charge in [0.25, 0.3) is 0 Å². The summed E-state index contributed by atoms with van der Waals surface area (Å²) in [6.45, 7) is 0.894. The fraction of sp³-hybridized carbons (Fsp3) is 0.176. The molecule has 1 fully saturated rings. The Balaban J connectivity index is 1.68. The molecule has 5 heteroatoms. The van der Waals surface area contributed by atoms with Crippen LogP contribution in [0.4, 0.5) is 4.79 Å². The van der Waals surface area contributed by atoms with Crippen LogP contribution in [-0.2, 0) is 11.3 Å². The van der Waals surface area contributed by atoms with Crippen molar-refractivity contribution < 1.29 is 19.4 Å². The zero-order chi connectivity index (χ0) is 15.5. The van der Waals surface area contributed by atoms with Gasteiger partial charge >= 0.3 is 12.1 Å². The Hall–Kier alpha value is -2.82. The van der Waals surface area contributed by atoms with E-state index in [0.29, 0.717) is 13.1 Å². The highest BCUT2D eigenvalue weighted by Crippen LogP contribution is 2.27. The van der Waals surface area contributed by atoms with E-state index in [1.807, 2.05) is 30.3 Å². The lowest BCUT2D eigenvalue weighted by Gasteiger charge is -2.13. The number of carboxylic acid groups (broad SMARTS) is 1. The van der Waals surface area contributed by atoms with Gasteiger partial charge < -0.3 is 9.84 Å². The average molecular weight is 297 g/mol. The third-order valence-corrected chi connectivity index (χ3v) is 3.63. The summed E-state index contributed by atoms with van der Waals surface area (Å²) in [6.07, 6.45) is -0.608. The lowest BCUT2D eigenvalue weighted by Crippen LogP contribution is -2.23. The van der Waals surface area contributed by atoms with Crippen LogP contribution < -0.4 is 0 Å². The van der Waals surface area contributed by atoms with Crippen LogP contribution >= 0.6 is 0 Å². The minimum atomic E-state index is -0.962. The fourth-order valence-corrected chi connectivity index (χ4v) is 2.45. The molecule has 1 saturated heterocycles. The third kappa shape index (κ3) is 2.93. The first-order valence-corrected chi connectivity index (χ1v) is 6.96. The summed E-state index contributed by atoms with van der Waals surface area (Å²) in [4.78, 5) is 24.4. The molecule has 0 saturated carbocycles. The maximum atomic E-state index is 11.9. The lowest BCUT2D eigenvalue weighted by atomic mass is 10.1. The molecule has 0 radical (unpaired) electrons. The summed E-state index contributed by atoms with van der Waals surface area (Å²) in [5, 5.41) is 8.88. The molecular weight excluding hydrogens is 282 g/mol. The zero-order valence-corrected chi connectivity index (χ0v) is 11.8. The summed E-state index contributed by atoms with van der Waals surface area (Å²) in [5.74, 6) is -0.962. The van der Waals surface area contributed by atoms with Crippen molar-refractivity contribution in [1.82, 2.24) is 4.90 Å². The molecule has 2 aromatic carbocycles. The molecule has 0 unspecified atom stereocenters. The van der Waals surface area contributed by atoms with Crippen LogP contribution in [0.15, 0.2) is 54.6 Å². The molecule has 1 atom stereocenters. The van der Waals surface area contributed by atoms with Gasteiger partial charge in [0.05, 0.1) is 12.1 Å². The van der Waals surface area contributed by atoms with Gasteiger partial charge in [-0.25, -0.2) is 9.59 Å². The Kier molecular flexibility index (Phi) is 3.78. The van der Waals surface area contributed by atoms with E-state index in [9.17, 15) is 9.59 Å². The third-order valence-electron chi connectivity index (χ3n) is 3.63. The quantitative estimate of drug-likeness (QED) is 0.941. The van der Waals surface area contributed by atoms with Crippen molar-refractivity contribution in [3.05, 3.63) is 71.3 Å². The highest BCUT2D eigenvalue weighted by molar-refractivity contribution is 5.87. The van der Waals surface area contributed by atoms with E-state index in [-0.39, 0.29) is 17.8 Å². The van der Waals surface area contributed by atoms with Crippen molar-refractivity contribution in [2.45, 2.75) is 12.6 Å². The summed E-state index contributed by atoms with van der Waals surface area (Å²) in [6, 6.07) is 16.1. The van der Waals surface area contributed by atoms with Crippen LogP contribution in [0, 0.1) is 0 Å². The summed E-state index contributed by atoms with van der Waals surface area (Å²) >= 11 is 0. The summed E-state index contributed by atoms with van der Waals surface area (Å²) < 4.78 is 5.39. The average Bonchev–Trinajstić information content (AvgIpc) is 2.90. The van der Waals surface area contributed by atoms with Gasteiger partial charge in [-0.1, -0.05) is 42.5 Å². The first-order chi connectivity index (χ1) is 10.6. The molecule has 3 rings (SSSR count). The van der Waals surface area contributed by atoms with Crippen molar-refractivity contribution >= 4 is 12.1 Å². The molecule has 1 heterocycles. The van der Waals surface area contributed by atoms with Gasteiger partial charge in [0.1, 0.15) is 6.10 Å². The Bertz CT molecular complexity index is 682. The van der Waals surface area contributed by atoms with E-state index in [1.54, 1.807) is 17.0 Å². The second-order valence-electron chi connectivity index (χ2n) is 5.17. The molecule has 1 amide bonds. The highest BCUT2D eigenvalue weighted by atomic mass is 16.6. The molecule has 22 heavy (non-hydrogen) atoms. The van der Waals surface area contributed by atoms with Gasteiger partial charge in [0.15, 0.2) is 0 Å². The van der Waals surface area contributed by atoms with Crippen LogP contribution in [0.25, 0.3) is 0 Å². The smallest absolute Gasteiger partial charge is 0.410 e. The van der Waals surface area contributed by atoms with Crippen molar-refractivity contribution in [3.63, 3.8) is 0 Å². The Labute approximate surface area is 127 Å². The number of ether oxygens (including phenoxy) is 1. The number of amides is 1. The highest BCUT2D eigenvalue weighted by Gasteiger charge is 2.32. The molecule has 0 bridgehead atoms. The Morgan fingerprint density at radius 3 is 2.45 bits per heavy atom. The van der Waals surface area contributed by atoms with Crippen molar-refractivity contribution in [2.75, 3.05) is 6.54 Å². The van der Waals surface area contributed by atoms with Gasteiger partial charge in [-0.2, -0.15) is 0 Å². The minimum Gasteiger partial charge on any atom is -0.478 e. The van der Waals surface area contributed by atoms with Crippen LogP contribution in [0.1, 0.15) is 27.6 Å². The largest absolute Gasteiger partial charge is 0.478 e. The molecule has 5 nitrogen and oxygen atoms in total. The summed E-state index contributed by atoms with van der Waals surface area (Å²) in [5.41, 5.74) is 2.07. The monoisotopic (exact) mass is 297 g/mol. The molecule has 1 N–H and O–H groups in total. The van der Waals surface area contributed by atoms with Gasteiger partial charge in [0.2, 0.25) is 0 Å². The van der Waals surface area contributed by atoms with E-state index in [1.165, 1.54) is 12.1 Å². The number of hydrogen-bond acceptors (Lipinski definition) is 3. The van der Waals surface area contributed by atoms with Crippen LogP contribution in [0.5, 0.6) is 0 Å². The normalized spacial score (nSPS) is 17.4. The number of aromatic carboxylic acids is 1. The first kappa shape index (κ1) is 14.1. The van der Waals surface area contributed by atoms with Crippen LogP contribution in [-0.4, -0.2) is 28.6 Å². The number of rotatable bonds is 4. The van der Waals surface area contributed by atoms with Gasteiger partial charge in [-0.05, 0) is 23.3 Å². The van der Waals surface area contributed by atoms with Gasteiger partial charge in [0, 0.05) is 6.54 Å². The van der Waals surface area contributed by atoms with E-state index in [4.69, 9.17) is 9.84 Å². The van der Waals surface area contributed by atoms with E-state index in [0.717, 1.165) is 11.1 Å². The zero-order valence-electron chi connectivity index (χ0n) is 11.8. The Morgan fingerprint density at radius 2 is 1.82 bits per heavy atom.